The SMILES string of the molecule is CC(C)CCS(=O)(=O)NC(C)(C)c1ccc(Br)cc1. The van der Waals surface area contributed by atoms with Gasteiger partial charge in [-0.3, -0.25) is 0 Å². The minimum absolute atomic E-state index is 0.171. The largest absolute Gasteiger partial charge is 0.212 e. The van der Waals surface area contributed by atoms with Crippen LogP contribution in [0.2, 0.25) is 0 Å². The number of hydrogen-bond donors (Lipinski definition) is 1. The average Bonchev–Trinajstić information content (AvgIpc) is 2.26. The van der Waals surface area contributed by atoms with Crippen LogP contribution in [-0.4, -0.2) is 14.2 Å². The van der Waals surface area contributed by atoms with Gasteiger partial charge in [0.05, 0.1) is 11.3 Å². The lowest BCUT2D eigenvalue weighted by Crippen LogP contribution is -2.42. The van der Waals surface area contributed by atoms with Gasteiger partial charge < -0.3 is 0 Å². The van der Waals surface area contributed by atoms with E-state index in [0.29, 0.717) is 12.3 Å². The zero-order valence-corrected chi connectivity index (χ0v) is 14.3. The molecule has 3 nitrogen and oxygen atoms in total. The molecule has 0 aliphatic rings. The Kier molecular flexibility index (Phi) is 5.59. The monoisotopic (exact) mass is 347 g/mol. The molecule has 1 aromatic rings. The highest BCUT2D eigenvalue weighted by Crippen LogP contribution is 2.23. The molecule has 1 N–H and O–H groups in total. The summed E-state index contributed by atoms with van der Waals surface area (Å²) in [7, 11) is -3.25. The molecule has 0 fully saturated rings. The Labute approximate surface area is 125 Å². The van der Waals surface area contributed by atoms with Crippen LogP contribution in [0.1, 0.15) is 39.7 Å². The molecule has 0 saturated heterocycles. The zero-order chi connectivity index (χ0) is 14.7. The predicted molar refractivity (Wildman–Crippen MR) is 83.5 cm³/mol. The van der Waals surface area contributed by atoms with Crippen LogP contribution in [0.4, 0.5) is 0 Å². The molecule has 5 heteroatoms. The zero-order valence-electron chi connectivity index (χ0n) is 11.9. The third-order valence-corrected chi connectivity index (χ3v) is 5.06. The maximum Gasteiger partial charge on any atom is 0.212 e. The van der Waals surface area contributed by atoms with Gasteiger partial charge in [0.25, 0.3) is 0 Å². The number of rotatable bonds is 6. The molecule has 0 unspecified atom stereocenters. The van der Waals surface area contributed by atoms with Crippen LogP contribution in [0.3, 0.4) is 0 Å². The molecular weight excluding hydrogens is 326 g/mol. The first-order chi connectivity index (χ1) is 8.62. The normalized spacial score (nSPS) is 12.9. The maximum atomic E-state index is 12.1. The Morgan fingerprint density at radius 2 is 1.74 bits per heavy atom. The van der Waals surface area contributed by atoms with Gasteiger partial charge in [-0.15, -0.1) is 0 Å². The van der Waals surface area contributed by atoms with Crippen molar-refractivity contribution in [2.45, 2.75) is 39.7 Å². The van der Waals surface area contributed by atoms with E-state index in [1.165, 1.54) is 0 Å². The van der Waals surface area contributed by atoms with Crippen LogP contribution in [0.15, 0.2) is 28.7 Å². The second-order valence-electron chi connectivity index (χ2n) is 5.74. The van der Waals surface area contributed by atoms with Crippen LogP contribution in [0.5, 0.6) is 0 Å². The van der Waals surface area contributed by atoms with E-state index in [1.54, 1.807) is 0 Å². The number of sulfonamides is 1. The first-order valence-corrected chi connectivity index (χ1v) is 8.84. The molecule has 0 aliphatic heterocycles. The van der Waals surface area contributed by atoms with Gasteiger partial charge in [-0.05, 0) is 43.9 Å². The lowest BCUT2D eigenvalue weighted by molar-refractivity contribution is 0.468. The van der Waals surface area contributed by atoms with Gasteiger partial charge >= 0.3 is 0 Å². The number of benzene rings is 1. The van der Waals surface area contributed by atoms with Crippen LogP contribution >= 0.6 is 15.9 Å². The van der Waals surface area contributed by atoms with Crippen LogP contribution in [-0.2, 0) is 15.6 Å². The highest BCUT2D eigenvalue weighted by molar-refractivity contribution is 9.10. The van der Waals surface area contributed by atoms with Crippen molar-refractivity contribution < 1.29 is 8.42 Å². The summed E-state index contributed by atoms with van der Waals surface area (Å²) in [5.41, 5.74) is 0.347. The highest BCUT2D eigenvalue weighted by Gasteiger charge is 2.26. The lowest BCUT2D eigenvalue weighted by atomic mass is 9.96. The summed E-state index contributed by atoms with van der Waals surface area (Å²) in [6.07, 6.45) is 0.672. The van der Waals surface area contributed by atoms with Crippen molar-refractivity contribution >= 4 is 26.0 Å². The van der Waals surface area contributed by atoms with Gasteiger partial charge in [0.15, 0.2) is 0 Å². The smallest absolute Gasteiger partial charge is 0.212 e. The average molecular weight is 348 g/mol. The fourth-order valence-electron chi connectivity index (χ4n) is 1.76. The van der Waals surface area contributed by atoms with E-state index in [1.807, 2.05) is 52.0 Å². The van der Waals surface area contributed by atoms with E-state index >= 15 is 0 Å². The van der Waals surface area contributed by atoms with Crippen molar-refractivity contribution in [1.29, 1.82) is 0 Å². The standard InChI is InChI=1S/C14H22BrNO2S/c1-11(2)9-10-19(17,18)16-14(3,4)12-5-7-13(15)8-6-12/h5-8,11,16H,9-10H2,1-4H3. The molecule has 0 heterocycles. The summed E-state index contributed by atoms with van der Waals surface area (Å²) in [6.45, 7) is 7.80. The Bertz CT molecular complexity index is 507. The van der Waals surface area contributed by atoms with E-state index < -0.39 is 15.6 Å². The van der Waals surface area contributed by atoms with Crippen LogP contribution < -0.4 is 4.72 Å². The van der Waals surface area contributed by atoms with Crippen molar-refractivity contribution in [1.82, 2.24) is 4.72 Å². The minimum Gasteiger partial charge on any atom is -0.212 e. The van der Waals surface area contributed by atoms with Gasteiger partial charge in [0.1, 0.15) is 0 Å². The highest BCUT2D eigenvalue weighted by atomic mass is 79.9. The van der Waals surface area contributed by atoms with E-state index in [-0.39, 0.29) is 5.75 Å². The van der Waals surface area contributed by atoms with Crippen LogP contribution in [0, 0.1) is 5.92 Å². The molecule has 108 valence electrons. The van der Waals surface area contributed by atoms with Crippen LogP contribution in [0.25, 0.3) is 0 Å². The summed E-state index contributed by atoms with van der Waals surface area (Å²) in [5, 5.41) is 0. The first-order valence-electron chi connectivity index (χ1n) is 6.40. The molecule has 0 amide bonds. The van der Waals surface area contributed by atoms with E-state index in [0.717, 1.165) is 10.0 Å². The van der Waals surface area contributed by atoms with Gasteiger partial charge in [0, 0.05) is 4.47 Å². The van der Waals surface area contributed by atoms with E-state index in [9.17, 15) is 8.42 Å². The van der Waals surface area contributed by atoms with Crippen molar-refractivity contribution in [3.8, 4) is 0 Å². The van der Waals surface area contributed by atoms with Crippen molar-refractivity contribution in [2.75, 3.05) is 5.75 Å². The topological polar surface area (TPSA) is 46.2 Å². The second kappa shape index (κ2) is 6.37. The van der Waals surface area contributed by atoms with Gasteiger partial charge in [0.2, 0.25) is 10.0 Å². The molecule has 0 bridgehead atoms. The molecule has 19 heavy (non-hydrogen) atoms. The maximum absolute atomic E-state index is 12.1. The number of halogens is 1. The Morgan fingerprint density at radius 1 is 1.21 bits per heavy atom. The second-order valence-corrected chi connectivity index (χ2v) is 8.49. The van der Waals surface area contributed by atoms with Crippen molar-refractivity contribution in [3.05, 3.63) is 34.3 Å². The van der Waals surface area contributed by atoms with Gasteiger partial charge in [-0.1, -0.05) is 41.9 Å². The fraction of sp³-hybridized carbons (Fsp3) is 0.571. The summed E-state index contributed by atoms with van der Waals surface area (Å²) >= 11 is 3.38. The Hall–Kier alpha value is -0.390. The van der Waals surface area contributed by atoms with Crippen molar-refractivity contribution in [2.24, 2.45) is 5.92 Å². The lowest BCUT2D eigenvalue weighted by Gasteiger charge is -2.27. The van der Waals surface area contributed by atoms with E-state index in [2.05, 4.69) is 20.7 Å². The third-order valence-electron chi connectivity index (χ3n) is 2.94. The van der Waals surface area contributed by atoms with E-state index in [4.69, 9.17) is 0 Å². The number of nitrogens with one attached hydrogen (secondary N) is 1. The summed E-state index contributed by atoms with van der Waals surface area (Å²) in [4.78, 5) is 0. The Balaban J connectivity index is 2.81. The first kappa shape index (κ1) is 16.7. The molecule has 0 atom stereocenters. The van der Waals surface area contributed by atoms with Crippen molar-refractivity contribution in [3.63, 3.8) is 0 Å². The summed E-state index contributed by atoms with van der Waals surface area (Å²) < 4.78 is 27.9. The number of hydrogen-bond acceptors (Lipinski definition) is 2. The molecule has 1 rings (SSSR count). The summed E-state index contributed by atoms with van der Waals surface area (Å²) in [6, 6.07) is 7.68. The quantitative estimate of drug-likeness (QED) is 0.853. The molecule has 1 aromatic carbocycles. The molecular formula is C14H22BrNO2S. The molecule has 0 aliphatic carbocycles. The molecule has 0 radical (unpaired) electrons. The fourth-order valence-corrected chi connectivity index (χ4v) is 3.80. The summed E-state index contributed by atoms with van der Waals surface area (Å²) in [5.74, 6) is 0.553. The Morgan fingerprint density at radius 3 is 2.21 bits per heavy atom. The molecule has 0 aromatic heterocycles. The predicted octanol–water partition coefficient (Wildman–Crippen LogP) is 3.65. The minimum atomic E-state index is -3.25. The van der Waals surface area contributed by atoms with Gasteiger partial charge in [-0.2, -0.15) is 0 Å². The molecule has 0 saturated carbocycles. The third kappa shape index (κ3) is 5.63. The van der Waals surface area contributed by atoms with Gasteiger partial charge in [-0.25, -0.2) is 13.1 Å². The molecule has 0 spiro atoms.